The van der Waals surface area contributed by atoms with Crippen molar-refractivity contribution in [2.24, 2.45) is 0 Å². The molecule has 0 spiro atoms. The molecule has 2 aromatic heterocycles. The maximum Gasteiger partial charge on any atom is 0.181 e. The van der Waals surface area contributed by atoms with Crippen LogP contribution < -0.4 is 28.7 Å². The third-order valence-corrected chi connectivity index (χ3v) is 12.4. The number of nitrogens with zero attached hydrogens (tertiary/aromatic N) is 2. The molecule has 0 saturated carbocycles. The smallest absolute Gasteiger partial charge is 0.181 e. The minimum atomic E-state index is 0.483. The van der Waals surface area contributed by atoms with Gasteiger partial charge in [-0.25, -0.2) is 0 Å². The molecule has 0 bridgehead atoms. The van der Waals surface area contributed by atoms with Crippen molar-refractivity contribution in [3.63, 3.8) is 0 Å². The molecule has 0 amide bonds. The van der Waals surface area contributed by atoms with Gasteiger partial charge in [-0.15, -0.1) is 22.7 Å². The Bertz CT molecular complexity index is 2310. The average molecular weight is 769 g/mol. The van der Waals surface area contributed by atoms with Crippen LogP contribution in [0.3, 0.4) is 0 Å². The van der Waals surface area contributed by atoms with E-state index < -0.39 is 0 Å². The minimum Gasteiger partial charge on any atom is -0.485 e. The molecule has 2 aliphatic heterocycles. The fraction of sp³-hybridized carbons (Fsp3) is 0.0833. The van der Waals surface area contributed by atoms with Crippen LogP contribution in [0.1, 0.15) is 0 Å². The predicted octanol–water partition coefficient (Wildman–Crippen LogP) is 13.3. The molecule has 56 heavy (non-hydrogen) atoms. The fourth-order valence-electron chi connectivity index (χ4n) is 7.31. The van der Waals surface area contributed by atoms with Gasteiger partial charge in [0, 0.05) is 34.1 Å². The number of benzene rings is 6. The summed E-state index contributed by atoms with van der Waals surface area (Å²) < 4.78 is 25.6. The summed E-state index contributed by atoms with van der Waals surface area (Å²) in [7, 11) is 0. The fourth-order valence-corrected chi connectivity index (χ4v) is 9.82. The van der Waals surface area contributed by atoms with Crippen molar-refractivity contribution in [1.82, 2.24) is 0 Å². The molecule has 0 atom stereocenters. The highest BCUT2D eigenvalue weighted by molar-refractivity contribution is 7.26. The van der Waals surface area contributed by atoms with Crippen molar-refractivity contribution in [2.45, 2.75) is 0 Å². The maximum absolute atomic E-state index is 6.40. The molecule has 0 unspecified atom stereocenters. The number of thiophene rings is 2. The lowest BCUT2D eigenvalue weighted by atomic mass is 10.1. The van der Waals surface area contributed by atoms with E-state index in [2.05, 4.69) is 155 Å². The highest BCUT2D eigenvalue weighted by Crippen LogP contribution is 2.61. The van der Waals surface area contributed by atoms with Gasteiger partial charge in [-0.05, 0) is 83.9 Å². The second-order valence-electron chi connectivity index (χ2n) is 13.3. The summed E-state index contributed by atoms with van der Waals surface area (Å²) in [6.07, 6.45) is 0. The average Bonchev–Trinajstić information content (AvgIpc) is 3.85. The second-order valence-corrected chi connectivity index (χ2v) is 15.4. The van der Waals surface area contributed by atoms with Crippen LogP contribution in [-0.4, -0.2) is 26.4 Å². The van der Waals surface area contributed by atoms with Gasteiger partial charge in [-0.2, -0.15) is 0 Å². The highest BCUT2D eigenvalue weighted by Gasteiger charge is 2.33. The third kappa shape index (κ3) is 6.32. The molecule has 274 valence electrons. The molecule has 8 aromatic rings. The van der Waals surface area contributed by atoms with E-state index >= 15 is 0 Å². The van der Waals surface area contributed by atoms with Gasteiger partial charge in [0.25, 0.3) is 0 Å². The Morgan fingerprint density at radius 3 is 0.821 bits per heavy atom. The standard InChI is InChI=1S/C48H36N2O4S2/c1-5-13-35(14-6-1)49(36-15-7-2-8-16-36)39-25-21-33(22-26-39)45-41-43(53-31-29-51-41)47(55-45)48-44-42(52-30-32-54-44)46(56-48)34-23-27-40(28-24-34)50(37-17-9-3-10-18-37)38-19-11-4-12-20-38/h1-28H,29-32H2. The number of hydrogen-bond donors (Lipinski definition) is 0. The van der Waals surface area contributed by atoms with Gasteiger partial charge in [0.15, 0.2) is 23.0 Å². The van der Waals surface area contributed by atoms with Crippen LogP contribution in [0.4, 0.5) is 34.1 Å². The molecule has 0 fully saturated rings. The predicted molar refractivity (Wildman–Crippen MR) is 230 cm³/mol. The Kier molecular flexibility index (Phi) is 9.11. The van der Waals surface area contributed by atoms with Crippen molar-refractivity contribution in [1.29, 1.82) is 0 Å². The first-order valence-corrected chi connectivity index (χ1v) is 20.3. The zero-order valence-electron chi connectivity index (χ0n) is 30.3. The van der Waals surface area contributed by atoms with Crippen molar-refractivity contribution < 1.29 is 18.9 Å². The van der Waals surface area contributed by atoms with Crippen LogP contribution in [0.15, 0.2) is 170 Å². The molecule has 6 nitrogen and oxygen atoms in total. The summed E-state index contributed by atoms with van der Waals surface area (Å²) in [6, 6.07) is 59.2. The summed E-state index contributed by atoms with van der Waals surface area (Å²) >= 11 is 3.35. The largest absolute Gasteiger partial charge is 0.485 e. The first kappa shape index (κ1) is 34.0. The maximum atomic E-state index is 6.40. The quantitative estimate of drug-likeness (QED) is 0.146. The summed E-state index contributed by atoms with van der Waals surface area (Å²) in [5, 5.41) is 0. The number of fused-ring (bicyclic) bond motifs is 2. The van der Waals surface area contributed by atoms with E-state index in [1.807, 2.05) is 24.3 Å². The summed E-state index contributed by atoms with van der Waals surface area (Å²) in [4.78, 5) is 8.56. The molecule has 2 aliphatic rings. The van der Waals surface area contributed by atoms with Crippen molar-refractivity contribution in [3.05, 3.63) is 170 Å². The van der Waals surface area contributed by atoms with E-state index in [1.54, 1.807) is 22.7 Å². The van der Waals surface area contributed by atoms with Gasteiger partial charge < -0.3 is 28.7 Å². The summed E-state index contributed by atoms with van der Waals surface area (Å²) in [5.41, 5.74) is 8.65. The summed E-state index contributed by atoms with van der Waals surface area (Å²) in [6.45, 7) is 1.95. The lowest BCUT2D eigenvalue weighted by Crippen LogP contribution is -2.15. The van der Waals surface area contributed by atoms with Gasteiger partial charge in [-0.3, -0.25) is 0 Å². The first-order chi connectivity index (χ1) is 27.8. The van der Waals surface area contributed by atoms with Gasteiger partial charge in [-0.1, -0.05) is 97.1 Å². The molecular formula is C48H36N2O4S2. The van der Waals surface area contributed by atoms with Gasteiger partial charge >= 0.3 is 0 Å². The van der Waals surface area contributed by atoms with Crippen LogP contribution in [0, 0.1) is 0 Å². The Labute approximate surface area is 334 Å². The third-order valence-electron chi connectivity index (χ3n) is 9.84. The van der Waals surface area contributed by atoms with Crippen LogP contribution >= 0.6 is 22.7 Å². The number of ether oxygens (including phenoxy) is 4. The molecule has 8 heteroatoms. The van der Waals surface area contributed by atoms with E-state index in [0.717, 1.165) is 87.8 Å². The molecule has 0 radical (unpaired) electrons. The second kappa shape index (κ2) is 15.0. The monoisotopic (exact) mass is 768 g/mol. The van der Waals surface area contributed by atoms with Crippen molar-refractivity contribution in [3.8, 4) is 53.6 Å². The van der Waals surface area contributed by atoms with Crippen molar-refractivity contribution >= 4 is 56.8 Å². The zero-order chi connectivity index (χ0) is 37.3. The van der Waals surface area contributed by atoms with Crippen molar-refractivity contribution in [2.75, 3.05) is 36.2 Å². The number of hydrogen-bond acceptors (Lipinski definition) is 8. The number of rotatable bonds is 9. The lowest BCUT2D eigenvalue weighted by Gasteiger charge is -2.25. The molecule has 0 saturated heterocycles. The first-order valence-electron chi connectivity index (χ1n) is 18.7. The van der Waals surface area contributed by atoms with Gasteiger partial charge in [0.05, 0.1) is 19.5 Å². The van der Waals surface area contributed by atoms with E-state index in [9.17, 15) is 0 Å². The van der Waals surface area contributed by atoms with Crippen LogP contribution in [0.25, 0.3) is 30.6 Å². The van der Waals surface area contributed by atoms with Crippen LogP contribution in [0.2, 0.25) is 0 Å². The van der Waals surface area contributed by atoms with E-state index in [-0.39, 0.29) is 0 Å². The van der Waals surface area contributed by atoms with Gasteiger partial charge in [0.1, 0.15) is 26.4 Å². The zero-order valence-corrected chi connectivity index (χ0v) is 32.0. The normalized spacial score (nSPS) is 12.9. The number of anilines is 6. The molecule has 0 aliphatic carbocycles. The Hall–Kier alpha value is -6.48. The van der Waals surface area contributed by atoms with Crippen LogP contribution in [0.5, 0.6) is 23.0 Å². The Balaban J connectivity index is 1.02. The molecule has 0 N–H and O–H groups in total. The molecule has 4 heterocycles. The van der Waals surface area contributed by atoms with E-state index in [4.69, 9.17) is 18.9 Å². The minimum absolute atomic E-state index is 0.483. The van der Waals surface area contributed by atoms with Crippen LogP contribution in [-0.2, 0) is 0 Å². The highest BCUT2D eigenvalue weighted by atomic mass is 32.1. The summed E-state index contributed by atoms with van der Waals surface area (Å²) in [5.74, 6) is 3.08. The number of para-hydroxylation sites is 4. The van der Waals surface area contributed by atoms with E-state index in [0.29, 0.717) is 26.4 Å². The molecular weight excluding hydrogens is 733 g/mol. The lowest BCUT2D eigenvalue weighted by molar-refractivity contribution is 0.172. The Morgan fingerprint density at radius 1 is 0.286 bits per heavy atom. The SMILES string of the molecule is c1ccc(N(c2ccccc2)c2ccc(-c3sc(-c4sc(-c5ccc(N(c6ccccc6)c6ccccc6)cc5)c5c4OCCO5)c4c3OCCO4)cc2)cc1. The Morgan fingerprint density at radius 2 is 0.536 bits per heavy atom. The molecule has 10 rings (SSSR count). The molecule has 6 aromatic carbocycles. The van der Waals surface area contributed by atoms with E-state index in [1.165, 1.54) is 0 Å². The van der Waals surface area contributed by atoms with Gasteiger partial charge in [0.2, 0.25) is 0 Å². The topological polar surface area (TPSA) is 43.4 Å².